The summed E-state index contributed by atoms with van der Waals surface area (Å²) in [6.07, 6.45) is 0.644. The number of nitrogens with zero attached hydrogens (tertiary/aromatic N) is 3. The zero-order valence-corrected chi connectivity index (χ0v) is 15.6. The van der Waals surface area contributed by atoms with Crippen LogP contribution in [0, 0.1) is 4.84 Å². The number of hydrogen-bond donors (Lipinski definition) is 0. The molecule has 1 aromatic carbocycles. The fourth-order valence-electron chi connectivity index (χ4n) is 2.81. The topological polar surface area (TPSA) is 68.3 Å². The van der Waals surface area contributed by atoms with E-state index in [-0.39, 0.29) is 22.4 Å². The summed E-state index contributed by atoms with van der Waals surface area (Å²) in [5.74, 6) is 0.858. The molecule has 0 saturated carbocycles. The summed E-state index contributed by atoms with van der Waals surface area (Å²) in [4.78, 5) is 2.33. The van der Waals surface area contributed by atoms with Gasteiger partial charge < -0.3 is 4.42 Å². The number of benzene rings is 1. The number of halogens is 1. The second-order valence-corrected chi connectivity index (χ2v) is 8.80. The fourth-order valence-corrected chi connectivity index (χ4v) is 4.88. The van der Waals surface area contributed by atoms with Gasteiger partial charge in [0.2, 0.25) is 5.89 Å². The zero-order chi connectivity index (χ0) is 17.3. The van der Waals surface area contributed by atoms with Gasteiger partial charge in [-0.25, -0.2) is 13.1 Å². The van der Waals surface area contributed by atoms with Crippen molar-refractivity contribution in [3.63, 3.8) is 0 Å². The van der Waals surface area contributed by atoms with Crippen LogP contribution in [0.3, 0.4) is 0 Å². The van der Waals surface area contributed by atoms with Gasteiger partial charge in [0.15, 0.2) is 9.84 Å². The lowest BCUT2D eigenvalue weighted by Crippen LogP contribution is -2.37. The van der Waals surface area contributed by atoms with Crippen molar-refractivity contribution in [3.8, 4) is 11.5 Å². The zero-order valence-electron chi connectivity index (χ0n) is 13.2. The molecule has 0 amide bonds. The van der Waals surface area contributed by atoms with Gasteiger partial charge in [-0.2, -0.15) is 0 Å². The van der Waals surface area contributed by atoms with Gasteiger partial charge in [-0.15, -0.1) is 5.10 Å². The van der Waals surface area contributed by atoms with Crippen molar-refractivity contribution in [2.45, 2.75) is 26.1 Å². The predicted octanol–water partition coefficient (Wildman–Crippen LogP) is 2.99. The third kappa shape index (κ3) is 3.88. The molecule has 1 fully saturated rings. The van der Waals surface area contributed by atoms with Crippen LogP contribution in [0.15, 0.2) is 28.7 Å². The minimum absolute atomic E-state index is 0.00224. The molecule has 9 heteroatoms. The van der Waals surface area contributed by atoms with Crippen molar-refractivity contribution in [3.05, 3.63) is 34.1 Å². The van der Waals surface area contributed by atoms with Gasteiger partial charge in [0.25, 0.3) is 4.84 Å². The van der Waals surface area contributed by atoms with Gasteiger partial charge >= 0.3 is 0 Å². The van der Waals surface area contributed by atoms with Crippen LogP contribution in [0.5, 0.6) is 0 Å². The summed E-state index contributed by atoms with van der Waals surface area (Å²) < 4.78 is 30.6. The maximum absolute atomic E-state index is 11.7. The van der Waals surface area contributed by atoms with Gasteiger partial charge in [0.1, 0.15) is 0 Å². The van der Waals surface area contributed by atoms with Crippen LogP contribution in [0.4, 0.5) is 0 Å². The number of rotatable bonds is 5. The summed E-state index contributed by atoms with van der Waals surface area (Å²) in [7, 11) is -2.93. The highest BCUT2D eigenvalue weighted by molar-refractivity contribution is 7.91. The van der Waals surface area contributed by atoms with Crippen molar-refractivity contribution >= 4 is 33.7 Å². The van der Waals surface area contributed by atoms with Crippen molar-refractivity contribution in [2.75, 3.05) is 18.1 Å². The van der Waals surface area contributed by atoms with Crippen molar-refractivity contribution in [2.24, 2.45) is 0 Å². The monoisotopic (exact) mass is 387 g/mol. The molecule has 0 spiro atoms. The molecule has 0 radical (unpaired) electrons. The van der Waals surface area contributed by atoms with Crippen LogP contribution in [-0.4, -0.2) is 47.2 Å². The van der Waals surface area contributed by atoms with E-state index in [1.54, 1.807) is 16.8 Å². The summed E-state index contributed by atoms with van der Waals surface area (Å²) in [6.45, 7) is 3.12. The lowest BCUT2D eigenvalue weighted by Gasteiger charge is -2.25. The molecule has 1 aliphatic heterocycles. The average molecular weight is 388 g/mol. The third-order valence-corrected chi connectivity index (χ3v) is 6.44. The minimum Gasteiger partial charge on any atom is -0.409 e. The molecule has 0 unspecified atom stereocenters. The number of aromatic nitrogens is 2. The molecule has 1 aromatic heterocycles. The summed E-state index contributed by atoms with van der Waals surface area (Å²) in [5.41, 5.74) is 0.788. The lowest BCUT2D eigenvalue weighted by molar-refractivity contribution is 0.162. The van der Waals surface area contributed by atoms with Crippen molar-refractivity contribution in [1.29, 1.82) is 0 Å². The highest BCUT2D eigenvalue weighted by atomic mass is 35.5. The van der Waals surface area contributed by atoms with E-state index in [1.807, 2.05) is 19.1 Å². The molecule has 1 atom stereocenters. The second kappa shape index (κ2) is 6.95. The van der Waals surface area contributed by atoms with Gasteiger partial charge in [-0.05, 0) is 49.4 Å². The molecule has 0 bridgehead atoms. The van der Waals surface area contributed by atoms with E-state index in [2.05, 4.69) is 10.00 Å². The summed E-state index contributed by atoms with van der Waals surface area (Å²) in [6, 6.07) is 7.15. The van der Waals surface area contributed by atoms with E-state index in [1.165, 1.54) is 0 Å². The fraction of sp³-hybridized carbons (Fsp3) is 0.467. The van der Waals surface area contributed by atoms with E-state index in [9.17, 15) is 8.42 Å². The Hall–Kier alpha value is -1.22. The first-order chi connectivity index (χ1) is 11.4. The van der Waals surface area contributed by atoms with Crippen LogP contribution in [0.25, 0.3) is 11.5 Å². The van der Waals surface area contributed by atoms with Crippen LogP contribution >= 0.6 is 23.8 Å². The average Bonchev–Trinajstić information content (AvgIpc) is 3.08. The Morgan fingerprint density at radius 3 is 2.71 bits per heavy atom. The number of hydrogen-bond acceptors (Lipinski definition) is 6. The first kappa shape index (κ1) is 17.6. The maximum atomic E-state index is 11.7. The summed E-state index contributed by atoms with van der Waals surface area (Å²) in [5, 5.41) is 5.05. The van der Waals surface area contributed by atoms with Crippen LogP contribution in [0.2, 0.25) is 5.02 Å². The SMILES string of the molecule is CCN(Cn1nc(-c2ccc(Cl)cc2)oc1=S)[C@@H]1CCS(=O)(=O)C1. The molecular formula is C15H18ClN3O3S2. The molecule has 3 rings (SSSR count). The lowest BCUT2D eigenvalue weighted by atomic mass is 10.2. The molecule has 2 heterocycles. The van der Waals surface area contributed by atoms with Gasteiger partial charge in [-0.1, -0.05) is 18.5 Å². The Morgan fingerprint density at radius 1 is 1.42 bits per heavy atom. The van der Waals surface area contributed by atoms with Gasteiger partial charge in [-0.3, -0.25) is 4.90 Å². The van der Waals surface area contributed by atoms with E-state index in [0.717, 1.165) is 5.56 Å². The standard InChI is InChI=1S/C15H18ClN3O3S2/c1-2-18(13-7-8-24(20,21)9-13)10-19-15(23)22-14(17-19)11-3-5-12(16)6-4-11/h3-6,13H,2,7-10H2,1H3/t13-/m1/s1. The highest BCUT2D eigenvalue weighted by Crippen LogP contribution is 2.22. The van der Waals surface area contributed by atoms with Crippen molar-refractivity contribution in [1.82, 2.24) is 14.7 Å². The molecular weight excluding hydrogens is 370 g/mol. The molecule has 0 N–H and O–H groups in total. The normalized spacial score (nSPS) is 19.9. The predicted molar refractivity (Wildman–Crippen MR) is 95.2 cm³/mol. The van der Waals surface area contributed by atoms with E-state index in [0.29, 0.717) is 30.5 Å². The molecule has 1 aliphatic rings. The van der Waals surface area contributed by atoms with Crippen LogP contribution < -0.4 is 0 Å². The Labute approximate surface area is 150 Å². The van der Waals surface area contributed by atoms with E-state index < -0.39 is 9.84 Å². The Morgan fingerprint density at radius 2 is 2.12 bits per heavy atom. The third-order valence-electron chi connectivity index (χ3n) is 4.14. The maximum Gasteiger partial charge on any atom is 0.288 e. The molecule has 24 heavy (non-hydrogen) atoms. The van der Waals surface area contributed by atoms with E-state index in [4.69, 9.17) is 28.2 Å². The molecule has 1 saturated heterocycles. The first-order valence-corrected chi connectivity index (χ1v) is 10.3. The molecule has 6 nitrogen and oxygen atoms in total. The smallest absolute Gasteiger partial charge is 0.288 e. The van der Waals surface area contributed by atoms with Crippen LogP contribution in [0.1, 0.15) is 13.3 Å². The van der Waals surface area contributed by atoms with Crippen LogP contribution in [-0.2, 0) is 16.5 Å². The molecule has 0 aliphatic carbocycles. The first-order valence-electron chi connectivity index (χ1n) is 7.66. The molecule has 130 valence electrons. The Kier molecular flexibility index (Phi) is 5.10. The quantitative estimate of drug-likeness (QED) is 0.734. The van der Waals surface area contributed by atoms with Crippen molar-refractivity contribution < 1.29 is 12.8 Å². The summed E-state index contributed by atoms with van der Waals surface area (Å²) >= 11 is 11.1. The molecule has 2 aromatic rings. The van der Waals surface area contributed by atoms with E-state index >= 15 is 0 Å². The minimum atomic E-state index is -2.93. The largest absolute Gasteiger partial charge is 0.409 e. The number of sulfone groups is 1. The second-order valence-electron chi connectivity index (χ2n) is 5.78. The Balaban J connectivity index is 1.80. The van der Waals surface area contributed by atoms with Gasteiger partial charge in [0.05, 0.1) is 18.2 Å². The highest BCUT2D eigenvalue weighted by Gasteiger charge is 2.32. The Bertz CT molecular complexity index is 874. The van der Waals surface area contributed by atoms with Gasteiger partial charge in [0, 0.05) is 16.6 Å².